The fraction of sp³-hybridized carbons (Fsp3) is 0.667. The third kappa shape index (κ3) is 2.93. The molecule has 0 saturated carbocycles. The van der Waals surface area contributed by atoms with Crippen LogP contribution >= 0.6 is 0 Å². The molecule has 2 heterocycles. The maximum absolute atomic E-state index is 5.59. The van der Waals surface area contributed by atoms with Crippen LogP contribution < -0.4 is 16.8 Å². The van der Waals surface area contributed by atoms with Crippen molar-refractivity contribution < 1.29 is 4.74 Å². The zero-order chi connectivity index (χ0) is 11.4. The van der Waals surface area contributed by atoms with Crippen molar-refractivity contribution in [3.8, 4) is 0 Å². The van der Waals surface area contributed by atoms with Gasteiger partial charge in [-0.25, -0.2) is 0 Å². The molecule has 16 heavy (non-hydrogen) atoms. The molecule has 88 valence electrons. The first kappa shape index (κ1) is 10.9. The molecule has 0 radical (unpaired) electrons. The molecule has 0 spiro atoms. The molecule has 1 aliphatic rings. The molecule has 1 atom stereocenters. The van der Waals surface area contributed by atoms with Crippen molar-refractivity contribution in [1.29, 1.82) is 0 Å². The van der Waals surface area contributed by atoms with Gasteiger partial charge in [-0.15, -0.1) is 0 Å². The van der Waals surface area contributed by atoms with Crippen LogP contribution in [0.3, 0.4) is 0 Å². The van der Waals surface area contributed by atoms with Crippen LogP contribution in [0.2, 0.25) is 0 Å². The summed E-state index contributed by atoms with van der Waals surface area (Å²) in [5, 5.41) is 3.06. The summed E-state index contributed by atoms with van der Waals surface area (Å²) in [4.78, 5) is 11.6. The summed E-state index contributed by atoms with van der Waals surface area (Å²) in [7, 11) is 0. The molecule has 0 bridgehead atoms. The number of anilines is 3. The summed E-state index contributed by atoms with van der Waals surface area (Å²) in [5.74, 6) is 0.601. The van der Waals surface area contributed by atoms with Gasteiger partial charge >= 0.3 is 0 Å². The normalized spacial score (nSPS) is 21.4. The highest BCUT2D eigenvalue weighted by molar-refractivity contribution is 5.37. The van der Waals surface area contributed by atoms with E-state index in [0.717, 1.165) is 25.9 Å². The number of ether oxygens (including phenoxy) is 1. The van der Waals surface area contributed by atoms with Crippen LogP contribution in [0.1, 0.15) is 25.7 Å². The number of rotatable bonds is 2. The quantitative estimate of drug-likeness (QED) is 0.665. The van der Waals surface area contributed by atoms with E-state index in [1.165, 1.54) is 6.42 Å². The second kappa shape index (κ2) is 4.93. The number of aromatic nitrogens is 3. The lowest BCUT2D eigenvalue weighted by Crippen LogP contribution is -2.24. The van der Waals surface area contributed by atoms with Gasteiger partial charge in [0, 0.05) is 6.61 Å². The van der Waals surface area contributed by atoms with Crippen molar-refractivity contribution >= 4 is 17.8 Å². The van der Waals surface area contributed by atoms with E-state index in [0.29, 0.717) is 5.95 Å². The van der Waals surface area contributed by atoms with Gasteiger partial charge in [0.15, 0.2) is 0 Å². The molecule has 1 aromatic heterocycles. The zero-order valence-corrected chi connectivity index (χ0v) is 9.02. The van der Waals surface area contributed by atoms with Gasteiger partial charge < -0.3 is 21.5 Å². The van der Waals surface area contributed by atoms with Crippen LogP contribution in [-0.4, -0.2) is 27.8 Å². The van der Waals surface area contributed by atoms with Crippen LogP contribution in [-0.2, 0) is 4.74 Å². The highest BCUT2D eigenvalue weighted by Crippen LogP contribution is 2.15. The standard InChI is InChI=1S/C9H16N6O/c10-7-13-8(11)15-9(14-7)12-6-4-2-1-3-5-16-6/h6H,1-5H2,(H5,10,11,12,13,14,15). The maximum atomic E-state index is 5.59. The predicted octanol–water partition coefficient (Wildman–Crippen LogP) is 0.365. The Morgan fingerprint density at radius 3 is 2.56 bits per heavy atom. The highest BCUT2D eigenvalue weighted by atomic mass is 16.5. The van der Waals surface area contributed by atoms with Crippen LogP contribution in [0.5, 0.6) is 0 Å². The van der Waals surface area contributed by atoms with Crippen LogP contribution in [0.4, 0.5) is 17.8 Å². The van der Waals surface area contributed by atoms with Gasteiger partial charge in [0.2, 0.25) is 17.8 Å². The van der Waals surface area contributed by atoms with E-state index in [2.05, 4.69) is 20.3 Å². The van der Waals surface area contributed by atoms with Crippen molar-refractivity contribution in [2.75, 3.05) is 23.4 Å². The molecule has 0 aliphatic carbocycles. The molecule has 0 amide bonds. The molecule has 7 heteroatoms. The van der Waals surface area contributed by atoms with Gasteiger partial charge in [0.1, 0.15) is 6.23 Å². The van der Waals surface area contributed by atoms with E-state index < -0.39 is 0 Å². The molecule has 1 aromatic rings. The fourth-order valence-electron chi connectivity index (χ4n) is 1.65. The van der Waals surface area contributed by atoms with E-state index in [-0.39, 0.29) is 18.1 Å². The molecule has 7 nitrogen and oxygen atoms in total. The molecule has 1 unspecified atom stereocenters. The zero-order valence-electron chi connectivity index (χ0n) is 9.02. The van der Waals surface area contributed by atoms with Gasteiger partial charge in [-0.2, -0.15) is 15.0 Å². The monoisotopic (exact) mass is 224 g/mol. The summed E-state index contributed by atoms with van der Waals surface area (Å²) in [6.45, 7) is 0.758. The van der Waals surface area contributed by atoms with E-state index in [4.69, 9.17) is 16.2 Å². The average Bonchev–Trinajstić information content (AvgIpc) is 2.44. The van der Waals surface area contributed by atoms with Crippen molar-refractivity contribution in [3.05, 3.63) is 0 Å². The van der Waals surface area contributed by atoms with Gasteiger partial charge in [-0.3, -0.25) is 0 Å². The van der Waals surface area contributed by atoms with E-state index in [1.54, 1.807) is 0 Å². The number of nitrogen functional groups attached to an aromatic ring is 2. The second-order valence-electron chi connectivity index (χ2n) is 3.73. The van der Waals surface area contributed by atoms with Crippen molar-refractivity contribution in [1.82, 2.24) is 15.0 Å². The lowest BCUT2D eigenvalue weighted by atomic mass is 10.2. The minimum Gasteiger partial charge on any atom is -0.368 e. The van der Waals surface area contributed by atoms with Crippen LogP contribution in [0, 0.1) is 0 Å². The van der Waals surface area contributed by atoms with E-state index in [1.807, 2.05) is 0 Å². The maximum Gasteiger partial charge on any atom is 0.231 e. The lowest BCUT2D eigenvalue weighted by Gasteiger charge is -2.16. The van der Waals surface area contributed by atoms with Gasteiger partial charge in [-0.05, 0) is 19.3 Å². The molecule has 5 N–H and O–H groups in total. The first-order chi connectivity index (χ1) is 7.74. The SMILES string of the molecule is Nc1nc(N)nc(NC2CCCCCO2)n1. The smallest absolute Gasteiger partial charge is 0.231 e. The lowest BCUT2D eigenvalue weighted by molar-refractivity contribution is 0.0778. The Morgan fingerprint density at radius 1 is 1.06 bits per heavy atom. The summed E-state index contributed by atoms with van der Waals surface area (Å²) in [5.41, 5.74) is 10.9. The first-order valence-corrected chi connectivity index (χ1v) is 5.39. The Balaban J connectivity index is 2.01. The summed E-state index contributed by atoms with van der Waals surface area (Å²) in [6.07, 6.45) is 4.29. The van der Waals surface area contributed by atoms with Crippen LogP contribution in [0.15, 0.2) is 0 Å². The Bertz CT molecular complexity index is 330. The van der Waals surface area contributed by atoms with Crippen LogP contribution in [0.25, 0.3) is 0 Å². The number of nitrogens with zero attached hydrogens (tertiary/aromatic N) is 3. The highest BCUT2D eigenvalue weighted by Gasteiger charge is 2.13. The number of nitrogens with two attached hydrogens (primary N) is 2. The van der Waals surface area contributed by atoms with Gasteiger partial charge in [0.25, 0.3) is 0 Å². The second-order valence-corrected chi connectivity index (χ2v) is 3.73. The number of nitrogens with one attached hydrogen (secondary N) is 1. The van der Waals surface area contributed by atoms with Gasteiger partial charge in [-0.1, -0.05) is 6.42 Å². The molecule has 1 fully saturated rings. The largest absolute Gasteiger partial charge is 0.368 e. The topological polar surface area (TPSA) is 112 Å². The predicted molar refractivity (Wildman–Crippen MR) is 60.5 cm³/mol. The van der Waals surface area contributed by atoms with Crippen molar-refractivity contribution in [3.63, 3.8) is 0 Å². The number of hydrogen-bond donors (Lipinski definition) is 3. The van der Waals surface area contributed by atoms with E-state index in [9.17, 15) is 0 Å². The van der Waals surface area contributed by atoms with E-state index >= 15 is 0 Å². The Hall–Kier alpha value is -1.63. The first-order valence-electron chi connectivity index (χ1n) is 5.39. The molecule has 2 rings (SSSR count). The fourth-order valence-corrected chi connectivity index (χ4v) is 1.65. The summed E-state index contributed by atoms with van der Waals surface area (Å²) in [6, 6.07) is 0. The molecule has 1 aliphatic heterocycles. The third-order valence-corrected chi connectivity index (χ3v) is 2.39. The Kier molecular flexibility index (Phi) is 3.35. The Morgan fingerprint density at radius 2 is 1.81 bits per heavy atom. The number of hydrogen-bond acceptors (Lipinski definition) is 7. The third-order valence-electron chi connectivity index (χ3n) is 2.39. The summed E-state index contributed by atoms with van der Waals surface area (Å²) >= 11 is 0. The molecule has 1 saturated heterocycles. The minimum atomic E-state index is -0.0660. The van der Waals surface area contributed by atoms with Crippen molar-refractivity contribution in [2.24, 2.45) is 0 Å². The Labute approximate surface area is 93.6 Å². The van der Waals surface area contributed by atoms with Crippen molar-refractivity contribution in [2.45, 2.75) is 31.9 Å². The molecular formula is C9H16N6O. The minimum absolute atomic E-state index is 0.0660. The average molecular weight is 224 g/mol. The molecule has 0 aromatic carbocycles. The summed E-state index contributed by atoms with van der Waals surface area (Å²) < 4.78 is 5.59. The van der Waals surface area contributed by atoms with Gasteiger partial charge in [0.05, 0.1) is 0 Å². The molecular weight excluding hydrogens is 208 g/mol.